The van der Waals surface area contributed by atoms with Crippen LogP contribution in [0.15, 0.2) is 42.5 Å². The molecule has 1 aliphatic heterocycles. The monoisotopic (exact) mass is 394 g/mol. The second kappa shape index (κ2) is 7.47. The maximum atomic E-state index is 12.4. The fraction of sp³-hybridized carbons (Fsp3) is 0.118. The summed E-state index contributed by atoms with van der Waals surface area (Å²) in [6.45, 7) is 0.146. The molecule has 25 heavy (non-hydrogen) atoms. The van der Waals surface area contributed by atoms with E-state index < -0.39 is 0 Å². The number of halogens is 2. The molecule has 0 saturated carbocycles. The summed E-state index contributed by atoms with van der Waals surface area (Å²) in [5, 5.41) is 3.25. The van der Waals surface area contributed by atoms with Gasteiger partial charge >= 0.3 is 0 Å². The Balaban J connectivity index is 1.75. The molecule has 2 aromatic rings. The van der Waals surface area contributed by atoms with E-state index in [0.717, 1.165) is 11.8 Å². The first-order valence-electron chi connectivity index (χ1n) is 7.26. The van der Waals surface area contributed by atoms with E-state index in [1.807, 2.05) is 0 Å². The number of imide groups is 1. The van der Waals surface area contributed by atoms with Crippen LogP contribution in [0.25, 0.3) is 0 Å². The van der Waals surface area contributed by atoms with E-state index in [1.165, 1.54) is 11.0 Å². The van der Waals surface area contributed by atoms with Gasteiger partial charge in [0.15, 0.2) is 0 Å². The molecular weight excluding hydrogens is 383 g/mol. The molecule has 8 heteroatoms. The van der Waals surface area contributed by atoms with Gasteiger partial charge in [-0.15, -0.1) is 0 Å². The van der Waals surface area contributed by atoms with Gasteiger partial charge in [0.2, 0.25) is 5.91 Å². The van der Waals surface area contributed by atoms with E-state index in [-0.39, 0.29) is 29.4 Å². The molecule has 1 N–H and O–H groups in total. The fourth-order valence-electron chi connectivity index (χ4n) is 2.31. The number of carbonyl (C=O) groups is 3. The third kappa shape index (κ3) is 4.15. The molecule has 0 unspecified atom stereocenters. The summed E-state index contributed by atoms with van der Waals surface area (Å²) in [6.07, 6.45) is 0. The minimum absolute atomic E-state index is 0.146. The minimum atomic E-state index is -0.348. The third-order valence-electron chi connectivity index (χ3n) is 3.55. The van der Waals surface area contributed by atoms with Crippen LogP contribution >= 0.6 is 35.0 Å². The summed E-state index contributed by atoms with van der Waals surface area (Å²) in [4.78, 5) is 37.0. The maximum Gasteiger partial charge on any atom is 0.289 e. The molecule has 1 fully saturated rings. The molecule has 0 bridgehead atoms. The Labute approximate surface area is 158 Å². The molecule has 0 aliphatic carbocycles. The topological polar surface area (TPSA) is 66.5 Å². The van der Waals surface area contributed by atoms with Crippen LogP contribution in [-0.4, -0.2) is 27.7 Å². The average molecular weight is 395 g/mol. The number of anilines is 1. The van der Waals surface area contributed by atoms with Crippen molar-refractivity contribution in [3.63, 3.8) is 0 Å². The van der Waals surface area contributed by atoms with Gasteiger partial charge in [-0.3, -0.25) is 19.3 Å². The first-order valence-corrected chi connectivity index (χ1v) is 9.00. The van der Waals surface area contributed by atoms with Crippen molar-refractivity contribution in [2.24, 2.45) is 0 Å². The highest BCUT2D eigenvalue weighted by atomic mass is 35.5. The lowest BCUT2D eigenvalue weighted by Gasteiger charge is -2.13. The van der Waals surface area contributed by atoms with Crippen molar-refractivity contribution in [3.05, 3.63) is 63.6 Å². The second-order valence-corrected chi connectivity index (χ2v) is 7.08. The smallest absolute Gasteiger partial charge is 0.289 e. The van der Waals surface area contributed by atoms with Crippen LogP contribution < -0.4 is 5.32 Å². The van der Waals surface area contributed by atoms with Crippen molar-refractivity contribution >= 4 is 57.7 Å². The molecule has 0 spiro atoms. The van der Waals surface area contributed by atoms with Gasteiger partial charge in [0.25, 0.3) is 11.1 Å². The van der Waals surface area contributed by atoms with Crippen LogP contribution in [-0.2, 0) is 11.3 Å². The normalized spacial score (nSPS) is 14.1. The molecule has 5 nitrogen and oxygen atoms in total. The molecule has 1 saturated heterocycles. The molecular formula is C17H12Cl2N2O3S. The van der Waals surface area contributed by atoms with Crippen molar-refractivity contribution in [3.8, 4) is 0 Å². The van der Waals surface area contributed by atoms with Crippen LogP contribution in [0.4, 0.5) is 10.5 Å². The number of carbonyl (C=O) groups excluding carboxylic acids is 3. The number of nitrogens with one attached hydrogen (secondary N) is 1. The highest BCUT2D eigenvalue weighted by Crippen LogP contribution is 2.26. The van der Waals surface area contributed by atoms with Gasteiger partial charge in [0.1, 0.15) is 0 Å². The zero-order valence-electron chi connectivity index (χ0n) is 12.8. The van der Waals surface area contributed by atoms with Crippen LogP contribution in [0.2, 0.25) is 10.0 Å². The predicted molar refractivity (Wildman–Crippen MR) is 99.3 cm³/mol. The van der Waals surface area contributed by atoms with Crippen LogP contribution in [0.5, 0.6) is 0 Å². The predicted octanol–water partition coefficient (Wildman–Crippen LogP) is 4.44. The van der Waals surface area contributed by atoms with E-state index in [4.69, 9.17) is 23.2 Å². The number of amides is 3. The van der Waals surface area contributed by atoms with E-state index in [1.54, 1.807) is 36.4 Å². The third-order valence-corrected chi connectivity index (χ3v) is 4.96. The molecule has 1 aliphatic rings. The molecule has 128 valence electrons. The molecule has 1 heterocycles. The molecule has 3 amide bonds. The molecule has 3 rings (SSSR count). The van der Waals surface area contributed by atoms with Gasteiger partial charge < -0.3 is 5.32 Å². The van der Waals surface area contributed by atoms with Crippen molar-refractivity contribution in [1.82, 2.24) is 4.90 Å². The lowest BCUT2D eigenvalue weighted by Crippen LogP contribution is -2.28. The Morgan fingerprint density at radius 2 is 1.96 bits per heavy atom. The minimum Gasteiger partial charge on any atom is -0.321 e. The van der Waals surface area contributed by atoms with Gasteiger partial charge in [0, 0.05) is 10.6 Å². The first-order chi connectivity index (χ1) is 11.9. The average Bonchev–Trinajstić information content (AvgIpc) is 2.89. The zero-order valence-corrected chi connectivity index (χ0v) is 15.1. The van der Waals surface area contributed by atoms with Crippen molar-refractivity contribution in [2.75, 3.05) is 11.1 Å². The van der Waals surface area contributed by atoms with Crippen LogP contribution in [0.1, 0.15) is 15.9 Å². The van der Waals surface area contributed by atoms with Crippen LogP contribution in [0, 0.1) is 0 Å². The summed E-state index contributed by atoms with van der Waals surface area (Å²) < 4.78 is 0. The van der Waals surface area contributed by atoms with Crippen LogP contribution in [0.3, 0.4) is 0 Å². The maximum absolute atomic E-state index is 12.4. The quantitative estimate of drug-likeness (QED) is 0.831. The molecule has 0 atom stereocenters. The van der Waals surface area contributed by atoms with Gasteiger partial charge in [-0.25, -0.2) is 0 Å². The Bertz CT molecular complexity index is 857. The van der Waals surface area contributed by atoms with E-state index >= 15 is 0 Å². The first kappa shape index (κ1) is 17.8. The molecule has 0 aromatic heterocycles. The molecule has 0 radical (unpaired) electrons. The summed E-state index contributed by atoms with van der Waals surface area (Å²) in [6, 6.07) is 11.5. The van der Waals surface area contributed by atoms with Crippen molar-refractivity contribution in [1.29, 1.82) is 0 Å². The summed E-state index contributed by atoms with van der Waals surface area (Å²) in [5.41, 5.74) is 1.54. The Kier molecular flexibility index (Phi) is 5.32. The van der Waals surface area contributed by atoms with Crippen molar-refractivity contribution < 1.29 is 14.4 Å². The second-order valence-electron chi connectivity index (χ2n) is 5.31. The SMILES string of the molecule is O=C(Nc1ccc(Cl)cc1Cl)c1cccc(CN2C(=O)CSC2=O)c1. The fourth-order valence-corrected chi connectivity index (χ4v) is 3.49. The van der Waals surface area contributed by atoms with Gasteiger partial charge in [-0.05, 0) is 35.9 Å². The standard InChI is InChI=1S/C17H12Cl2N2O3S/c18-12-4-5-14(13(19)7-12)20-16(23)11-3-1-2-10(6-11)8-21-15(22)9-25-17(21)24/h1-7H,8-9H2,(H,20,23). The Morgan fingerprint density at radius 3 is 2.64 bits per heavy atom. The van der Waals surface area contributed by atoms with E-state index in [0.29, 0.717) is 26.9 Å². The number of rotatable bonds is 4. The van der Waals surface area contributed by atoms with E-state index in [9.17, 15) is 14.4 Å². The lowest BCUT2D eigenvalue weighted by molar-refractivity contribution is -0.125. The molecule has 2 aromatic carbocycles. The summed E-state index contributed by atoms with van der Waals surface area (Å²) in [7, 11) is 0. The summed E-state index contributed by atoms with van der Waals surface area (Å²) in [5.74, 6) is -0.411. The van der Waals surface area contributed by atoms with Gasteiger partial charge in [0.05, 0.1) is 23.0 Å². The number of nitrogens with zero attached hydrogens (tertiary/aromatic N) is 1. The lowest BCUT2D eigenvalue weighted by atomic mass is 10.1. The summed E-state index contributed by atoms with van der Waals surface area (Å²) >= 11 is 12.9. The Morgan fingerprint density at radius 1 is 1.16 bits per heavy atom. The number of thioether (sulfide) groups is 1. The van der Waals surface area contributed by atoms with Gasteiger partial charge in [-0.1, -0.05) is 47.1 Å². The van der Waals surface area contributed by atoms with Crippen molar-refractivity contribution in [2.45, 2.75) is 6.54 Å². The highest BCUT2D eigenvalue weighted by Gasteiger charge is 2.29. The number of benzene rings is 2. The van der Waals surface area contributed by atoms with Gasteiger partial charge in [-0.2, -0.15) is 0 Å². The highest BCUT2D eigenvalue weighted by molar-refractivity contribution is 8.14. The number of hydrogen-bond donors (Lipinski definition) is 1. The number of hydrogen-bond acceptors (Lipinski definition) is 4. The van der Waals surface area contributed by atoms with E-state index in [2.05, 4.69) is 5.32 Å². The zero-order chi connectivity index (χ0) is 18.0. The Hall–Kier alpha value is -2.02. The largest absolute Gasteiger partial charge is 0.321 e.